The van der Waals surface area contributed by atoms with Crippen LogP contribution in [-0.4, -0.2) is 43.2 Å². The van der Waals surface area contributed by atoms with Crippen molar-refractivity contribution < 1.29 is 19.4 Å². The van der Waals surface area contributed by atoms with Gasteiger partial charge in [0.2, 0.25) is 0 Å². The summed E-state index contributed by atoms with van der Waals surface area (Å²) < 4.78 is 5.36. The maximum absolute atomic E-state index is 11.0. The van der Waals surface area contributed by atoms with Crippen LogP contribution in [0.4, 0.5) is 5.69 Å². The molecular weight excluding hydrogens is 270 g/mol. The van der Waals surface area contributed by atoms with Gasteiger partial charge in [0.15, 0.2) is 0 Å². The Morgan fingerprint density at radius 3 is 2.43 bits per heavy atom. The van der Waals surface area contributed by atoms with E-state index in [1.807, 2.05) is 24.3 Å². The van der Waals surface area contributed by atoms with Crippen LogP contribution in [0.25, 0.3) is 6.08 Å². The number of aliphatic carboxylic acids is 1. The van der Waals surface area contributed by atoms with Crippen molar-refractivity contribution in [2.75, 3.05) is 25.2 Å². The molecule has 0 bridgehead atoms. The number of rotatable bonds is 5. The summed E-state index contributed by atoms with van der Waals surface area (Å²) in [6.45, 7) is 1.60. The van der Waals surface area contributed by atoms with Crippen molar-refractivity contribution in [3.05, 3.63) is 35.9 Å². The van der Waals surface area contributed by atoms with E-state index in [1.165, 1.54) is 6.08 Å². The van der Waals surface area contributed by atoms with E-state index in [4.69, 9.17) is 9.84 Å². The number of ketones is 1. The van der Waals surface area contributed by atoms with Gasteiger partial charge in [0.25, 0.3) is 5.78 Å². The Morgan fingerprint density at radius 2 is 1.86 bits per heavy atom. The van der Waals surface area contributed by atoms with Crippen LogP contribution in [0, 0.1) is 0 Å². The molecule has 0 unspecified atom stereocenters. The molecule has 1 aliphatic heterocycles. The molecule has 1 heterocycles. The van der Waals surface area contributed by atoms with Crippen LogP contribution in [0.15, 0.2) is 30.3 Å². The van der Waals surface area contributed by atoms with E-state index in [0.29, 0.717) is 6.04 Å². The zero-order valence-electron chi connectivity index (χ0n) is 12.0. The summed E-state index contributed by atoms with van der Waals surface area (Å²) in [5, 5.41) is 8.50. The van der Waals surface area contributed by atoms with Crippen LogP contribution in [-0.2, 0) is 14.3 Å². The fraction of sp³-hybridized carbons (Fsp3) is 0.375. The first kappa shape index (κ1) is 15.3. The molecule has 0 spiro atoms. The van der Waals surface area contributed by atoms with E-state index in [0.717, 1.165) is 43.4 Å². The SMILES string of the molecule is CN(c1ccc(/C=C/C(=O)C(=O)O)cc1)C1CCOCC1. The summed E-state index contributed by atoms with van der Waals surface area (Å²) in [4.78, 5) is 23.6. The van der Waals surface area contributed by atoms with E-state index >= 15 is 0 Å². The monoisotopic (exact) mass is 289 g/mol. The Balaban J connectivity index is 2.01. The Labute approximate surface area is 123 Å². The highest BCUT2D eigenvalue weighted by Crippen LogP contribution is 2.21. The Kier molecular flexibility index (Phi) is 5.11. The molecule has 21 heavy (non-hydrogen) atoms. The zero-order chi connectivity index (χ0) is 15.2. The number of hydrogen-bond acceptors (Lipinski definition) is 4. The molecule has 0 aromatic heterocycles. The molecule has 1 aromatic carbocycles. The van der Waals surface area contributed by atoms with Crippen LogP contribution >= 0.6 is 0 Å². The highest BCUT2D eigenvalue weighted by molar-refractivity contribution is 6.38. The van der Waals surface area contributed by atoms with Gasteiger partial charge >= 0.3 is 5.97 Å². The van der Waals surface area contributed by atoms with Gasteiger partial charge in [-0.15, -0.1) is 0 Å². The molecular formula is C16H19NO4. The summed E-state index contributed by atoms with van der Waals surface area (Å²) >= 11 is 0. The van der Waals surface area contributed by atoms with Crippen molar-refractivity contribution in [3.63, 3.8) is 0 Å². The second kappa shape index (κ2) is 7.04. The van der Waals surface area contributed by atoms with Crippen molar-refractivity contribution in [3.8, 4) is 0 Å². The number of carbonyl (C=O) groups excluding carboxylic acids is 1. The van der Waals surface area contributed by atoms with Crippen molar-refractivity contribution >= 4 is 23.5 Å². The highest BCUT2D eigenvalue weighted by atomic mass is 16.5. The molecule has 5 nitrogen and oxygen atoms in total. The van der Waals surface area contributed by atoms with Gasteiger partial charge in [-0.05, 0) is 36.6 Å². The minimum atomic E-state index is -1.44. The lowest BCUT2D eigenvalue weighted by Crippen LogP contribution is -2.36. The molecule has 1 fully saturated rings. The number of ether oxygens (including phenoxy) is 1. The largest absolute Gasteiger partial charge is 0.475 e. The lowest BCUT2D eigenvalue weighted by Gasteiger charge is -2.33. The topological polar surface area (TPSA) is 66.8 Å². The van der Waals surface area contributed by atoms with Gasteiger partial charge in [0.05, 0.1) is 0 Å². The second-order valence-corrected chi connectivity index (χ2v) is 5.05. The number of hydrogen-bond donors (Lipinski definition) is 1. The minimum absolute atomic E-state index is 0.480. The molecule has 1 N–H and O–H groups in total. The Hall–Kier alpha value is -2.14. The lowest BCUT2D eigenvalue weighted by atomic mass is 10.1. The summed E-state index contributed by atoms with van der Waals surface area (Å²) in [5.74, 6) is -2.36. The van der Waals surface area contributed by atoms with Gasteiger partial charge < -0.3 is 14.7 Å². The van der Waals surface area contributed by atoms with Gasteiger partial charge in [0, 0.05) is 32.0 Å². The van der Waals surface area contributed by atoms with Gasteiger partial charge in [-0.3, -0.25) is 4.79 Å². The number of anilines is 1. The number of benzene rings is 1. The molecule has 0 aliphatic carbocycles. The first-order chi connectivity index (χ1) is 10.1. The van der Waals surface area contributed by atoms with Crippen LogP contribution in [0.3, 0.4) is 0 Å². The Morgan fingerprint density at radius 1 is 1.24 bits per heavy atom. The molecule has 1 aliphatic rings. The fourth-order valence-corrected chi connectivity index (χ4v) is 2.35. The van der Waals surface area contributed by atoms with E-state index in [-0.39, 0.29) is 0 Å². The first-order valence-corrected chi connectivity index (χ1v) is 6.94. The van der Waals surface area contributed by atoms with E-state index in [1.54, 1.807) is 0 Å². The van der Waals surface area contributed by atoms with Crippen molar-refractivity contribution in [1.82, 2.24) is 0 Å². The van der Waals surface area contributed by atoms with Crippen LogP contribution in [0.1, 0.15) is 18.4 Å². The van der Waals surface area contributed by atoms with E-state index in [2.05, 4.69) is 11.9 Å². The maximum atomic E-state index is 11.0. The molecule has 2 rings (SSSR count). The average molecular weight is 289 g/mol. The number of carboxylic acids is 1. The molecule has 0 saturated carbocycles. The highest BCUT2D eigenvalue weighted by Gasteiger charge is 2.18. The van der Waals surface area contributed by atoms with E-state index in [9.17, 15) is 9.59 Å². The predicted octanol–water partition coefficient (Wildman–Crippen LogP) is 1.97. The summed E-state index contributed by atoms with van der Waals surface area (Å²) in [5.41, 5.74) is 1.90. The number of carbonyl (C=O) groups is 2. The van der Waals surface area contributed by atoms with Crippen molar-refractivity contribution in [2.45, 2.75) is 18.9 Å². The fourth-order valence-electron chi connectivity index (χ4n) is 2.35. The average Bonchev–Trinajstić information content (AvgIpc) is 2.53. The summed E-state index contributed by atoms with van der Waals surface area (Å²) in [7, 11) is 2.06. The van der Waals surface area contributed by atoms with Gasteiger partial charge in [-0.25, -0.2) is 4.79 Å². The lowest BCUT2D eigenvalue weighted by molar-refractivity contribution is -0.146. The molecule has 5 heteroatoms. The van der Waals surface area contributed by atoms with Crippen molar-refractivity contribution in [1.29, 1.82) is 0 Å². The molecule has 0 radical (unpaired) electrons. The van der Waals surface area contributed by atoms with Crippen LogP contribution < -0.4 is 4.90 Å². The standard InChI is InChI=1S/C16H19NO4/c1-17(14-8-10-21-11-9-14)13-5-2-12(3-6-13)4-7-15(18)16(19)20/h2-7,14H,8-11H2,1H3,(H,19,20)/b7-4+. The van der Waals surface area contributed by atoms with Gasteiger partial charge in [-0.1, -0.05) is 18.2 Å². The molecule has 1 saturated heterocycles. The molecule has 112 valence electrons. The number of carboxylic acid groups (broad SMARTS) is 1. The third-order valence-corrected chi connectivity index (χ3v) is 3.68. The molecule has 1 aromatic rings. The third kappa shape index (κ3) is 4.16. The first-order valence-electron chi connectivity index (χ1n) is 6.94. The molecule has 0 atom stereocenters. The normalized spacial score (nSPS) is 16.0. The van der Waals surface area contributed by atoms with Crippen LogP contribution in [0.2, 0.25) is 0 Å². The van der Waals surface area contributed by atoms with Crippen LogP contribution in [0.5, 0.6) is 0 Å². The third-order valence-electron chi connectivity index (χ3n) is 3.68. The van der Waals surface area contributed by atoms with E-state index < -0.39 is 11.8 Å². The Bertz CT molecular complexity index is 530. The predicted molar refractivity (Wildman–Crippen MR) is 80.4 cm³/mol. The number of nitrogens with zero attached hydrogens (tertiary/aromatic N) is 1. The zero-order valence-corrected chi connectivity index (χ0v) is 12.0. The quantitative estimate of drug-likeness (QED) is 0.663. The maximum Gasteiger partial charge on any atom is 0.376 e. The summed E-state index contributed by atoms with van der Waals surface area (Å²) in [6.07, 6.45) is 4.62. The second-order valence-electron chi connectivity index (χ2n) is 5.05. The van der Waals surface area contributed by atoms with Crippen molar-refractivity contribution in [2.24, 2.45) is 0 Å². The molecule has 0 amide bonds. The smallest absolute Gasteiger partial charge is 0.376 e. The minimum Gasteiger partial charge on any atom is -0.475 e. The van der Waals surface area contributed by atoms with Gasteiger partial charge in [-0.2, -0.15) is 0 Å². The van der Waals surface area contributed by atoms with Gasteiger partial charge in [0.1, 0.15) is 0 Å². The summed E-state index contributed by atoms with van der Waals surface area (Å²) in [6, 6.07) is 8.17.